The number of hydrogen-bond acceptors (Lipinski definition) is 5. The number of aliphatic carboxylic acids is 1. The molecule has 0 unspecified atom stereocenters. The van der Waals surface area contributed by atoms with E-state index in [9.17, 15) is 20.0 Å². The van der Waals surface area contributed by atoms with Gasteiger partial charge in [-0.25, -0.2) is 4.79 Å². The Balaban J connectivity index is 3.47. The van der Waals surface area contributed by atoms with Crippen molar-refractivity contribution in [3.8, 4) is 5.75 Å². The monoisotopic (exact) mass is 282 g/mol. The highest BCUT2D eigenvalue weighted by molar-refractivity contribution is 5.84. The molecular weight excluding hydrogens is 264 g/mol. The van der Waals surface area contributed by atoms with E-state index in [4.69, 9.17) is 4.74 Å². The van der Waals surface area contributed by atoms with Crippen molar-refractivity contribution >= 4 is 17.3 Å². The first-order chi connectivity index (χ1) is 9.25. The van der Waals surface area contributed by atoms with Crippen molar-refractivity contribution in [3.05, 3.63) is 28.3 Å². The van der Waals surface area contributed by atoms with E-state index in [0.29, 0.717) is 12.3 Å². The average molecular weight is 282 g/mol. The number of carboxylic acids is 1. The number of ether oxygens (including phenoxy) is 1. The maximum atomic E-state index is 11.4. The predicted octanol–water partition coefficient (Wildman–Crippen LogP) is 2.29. The lowest BCUT2D eigenvalue weighted by molar-refractivity contribution is -0.384. The third-order valence-electron chi connectivity index (χ3n) is 3.18. The average Bonchev–Trinajstić information content (AvgIpc) is 2.38. The minimum absolute atomic E-state index is 0.151. The standard InChI is InChI=1S/C13H18N2O5/c1-5-14(13(2,3)12(16)17)11-8-9(20-4)6-7-10(11)15(18)19/h6-8H,5H2,1-4H3,(H,16,17). The highest BCUT2D eigenvalue weighted by Crippen LogP contribution is 2.35. The molecule has 0 aliphatic rings. The van der Waals surface area contributed by atoms with Crippen molar-refractivity contribution in [1.29, 1.82) is 0 Å². The summed E-state index contributed by atoms with van der Waals surface area (Å²) in [7, 11) is 1.45. The van der Waals surface area contributed by atoms with Gasteiger partial charge in [0.1, 0.15) is 17.0 Å². The number of methoxy groups -OCH3 is 1. The van der Waals surface area contributed by atoms with Crippen molar-refractivity contribution in [2.24, 2.45) is 0 Å². The molecule has 7 heteroatoms. The van der Waals surface area contributed by atoms with Gasteiger partial charge in [0.15, 0.2) is 0 Å². The summed E-state index contributed by atoms with van der Waals surface area (Å²) in [4.78, 5) is 23.5. The quantitative estimate of drug-likeness (QED) is 0.635. The molecule has 110 valence electrons. The van der Waals surface area contributed by atoms with Gasteiger partial charge in [0.05, 0.1) is 12.0 Å². The number of anilines is 1. The lowest BCUT2D eigenvalue weighted by Gasteiger charge is -2.35. The third-order valence-corrected chi connectivity index (χ3v) is 3.18. The van der Waals surface area contributed by atoms with E-state index in [1.165, 1.54) is 44.1 Å². The lowest BCUT2D eigenvalue weighted by atomic mass is 10.0. The third kappa shape index (κ3) is 2.81. The van der Waals surface area contributed by atoms with Crippen LogP contribution in [0.4, 0.5) is 11.4 Å². The number of benzene rings is 1. The second kappa shape index (κ2) is 5.77. The highest BCUT2D eigenvalue weighted by Gasteiger charge is 2.37. The fourth-order valence-corrected chi connectivity index (χ4v) is 1.98. The molecule has 0 heterocycles. The molecule has 0 saturated carbocycles. The van der Waals surface area contributed by atoms with Crippen LogP contribution in [0, 0.1) is 10.1 Å². The Bertz CT molecular complexity index is 527. The number of nitrogens with zero attached hydrogens (tertiary/aromatic N) is 2. The van der Waals surface area contributed by atoms with Crippen LogP contribution in [0.3, 0.4) is 0 Å². The van der Waals surface area contributed by atoms with Crippen LogP contribution in [0.25, 0.3) is 0 Å². The molecular formula is C13H18N2O5. The Morgan fingerprint density at radius 3 is 2.50 bits per heavy atom. The molecule has 0 fully saturated rings. The maximum Gasteiger partial charge on any atom is 0.328 e. The fraction of sp³-hybridized carbons (Fsp3) is 0.462. The molecule has 20 heavy (non-hydrogen) atoms. The number of rotatable bonds is 6. The molecule has 1 N–H and O–H groups in total. The Kier molecular flexibility index (Phi) is 4.54. The van der Waals surface area contributed by atoms with E-state index in [1.54, 1.807) is 6.92 Å². The van der Waals surface area contributed by atoms with E-state index in [1.807, 2.05) is 0 Å². The van der Waals surface area contributed by atoms with E-state index in [-0.39, 0.29) is 11.4 Å². The summed E-state index contributed by atoms with van der Waals surface area (Å²) in [6, 6.07) is 4.27. The lowest BCUT2D eigenvalue weighted by Crippen LogP contribution is -2.50. The summed E-state index contributed by atoms with van der Waals surface area (Å²) >= 11 is 0. The number of likely N-dealkylation sites (N-methyl/N-ethyl adjacent to an activating group) is 1. The first-order valence-corrected chi connectivity index (χ1v) is 6.09. The Morgan fingerprint density at radius 1 is 1.50 bits per heavy atom. The fourth-order valence-electron chi connectivity index (χ4n) is 1.98. The topological polar surface area (TPSA) is 92.9 Å². The minimum Gasteiger partial charge on any atom is -0.497 e. The molecule has 0 spiro atoms. The van der Waals surface area contributed by atoms with Gasteiger partial charge in [-0.1, -0.05) is 0 Å². The van der Waals surface area contributed by atoms with Crippen LogP contribution in [-0.4, -0.2) is 35.2 Å². The smallest absolute Gasteiger partial charge is 0.328 e. The maximum absolute atomic E-state index is 11.4. The summed E-state index contributed by atoms with van der Waals surface area (Å²) in [6.07, 6.45) is 0. The van der Waals surface area contributed by atoms with Crippen LogP contribution in [0.2, 0.25) is 0 Å². The van der Waals surface area contributed by atoms with E-state index in [2.05, 4.69) is 0 Å². The van der Waals surface area contributed by atoms with Gasteiger partial charge in [-0.05, 0) is 26.8 Å². The van der Waals surface area contributed by atoms with Gasteiger partial charge in [0, 0.05) is 18.7 Å². The van der Waals surface area contributed by atoms with Crippen molar-refractivity contribution in [2.45, 2.75) is 26.3 Å². The van der Waals surface area contributed by atoms with Gasteiger partial charge < -0.3 is 14.7 Å². The normalized spacial score (nSPS) is 11.0. The van der Waals surface area contributed by atoms with Crippen LogP contribution in [0.15, 0.2) is 18.2 Å². The van der Waals surface area contributed by atoms with Crippen LogP contribution >= 0.6 is 0 Å². The Labute approximate surface area is 116 Å². The minimum atomic E-state index is -1.27. The van der Waals surface area contributed by atoms with Crippen LogP contribution in [-0.2, 0) is 4.79 Å². The van der Waals surface area contributed by atoms with Gasteiger partial charge in [-0.15, -0.1) is 0 Å². The first-order valence-electron chi connectivity index (χ1n) is 6.09. The zero-order chi connectivity index (χ0) is 15.5. The second-order valence-electron chi connectivity index (χ2n) is 4.72. The number of carbonyl (C=O) groups is 1. The van der Waals surface area contributed by atoms with Crippen molar-refractivity contribution in [1.82, 2.24) is 0 Å². The predicted molar refractivity (Wildman–Crippen MR) is 74.4 cm³/mol. The van der Waals surface area contributed by atoms with Crippen LogP contribution < -0.4 is 9.64 Å². The van der Waals surface area contributed by atoms with Crippen molar-refractivity contribution in [3.63, 3.8) is 0 Å². The molecule has 0 atom stereocenters. The molecule has 1 rings (SSSR count). The van der Waals surface area contributed by atoms with Gasteiger partial charge in [-0.3, -0.25) is 10.1 Å². The van der Waals surface area contributed by atoms with Gasteiger partial charge in [0.2, 0.25) is 0 Å². The molecule has 0 amide bonds. The van der Waals surface area contributed by atoms with E-state index >= 15 is 0 Å². The van der Waals surface area contributed by atoms with Crippen LogP contribution in [0.5, 0.6) is 5.75 Å². The summed E-state index contributed by atoms with van der Waals surface area (Å²) < 4.78 is 5.06. The number of nitro benzene ring substituents is 1. The summed E-state index contributed by atoms with van der Waals surface area (Å²) in [5.41, 5.74) is -1.20. The van der Waals surface area contributed by atoms with Crippen molar-refractivity contribution < 1.29 is 19.6 Å². The van der Waals surface area contributed by atoms with Crippen molar-refractivity contribution in [2.75, 3.05) is 18.6 Å². The van der Waals surface area contributed by atoms with Gasteiger partial charge in [0.25, 0.3) is 5.69 Å². The molecule has 0 bridgehead atoms. The van der Waals surface area contributed by atoms with E-state index < -0.39 is 16.4 Å². The summed E-state index contributed by atoms with van der Waals surface area (Å²) in [5, 5.41) is 20.4. The first kappa shape index (κ1) is 15.7. The van der Waals surface area contributed by atoms with Gasteiger partial charge >= 0.3 is 5.97 Å². The highest BCUT2D eigenvalue weighted by atomic mass is 16.6. The molecule has 7 nitrogen and oxygen atoms in total. The zero-order valence-electron chi connectivity index (χ0n) is 11.9. The second-order valence-corrected chi connectivity index (χ2v) is 4.72. The molecule has 0 aromatic heterocycles. The number of hydrogen-bond donors (Lipinski definition) is 1. The number of carboxylic acid groups (broad SMARTS) is 1. The van der Waals surface area contributed by atoms with Crippen LogP contribution in [0.1, 0.15) is 20.8 Å². The Morgan fingerprint density at radius 2 is 2.10 bits per heavy atom. The Hall–Kier alpha value is -2.31. The molecule has 0 saturated heterocycles. The largest absolute Gasteiger partial charge is 0.497 e. The van der Waals surface area contributed by atoms with E-state index in [0.717, 1.165) is 0 Å². The summed E-state index contributed by atoms with van der Waals surface area (Å²) in [6.45, 7) is 5.06. The molecule has 0 radical (unpaired) electrons. The zero-order valence-corrected chi connectivity index (χ0v) is 11.9. The summed E-state index contributed by atoms with van der Waals surface area (Å²) in [5.74, 6) is -0.623. The molecule has 1 aromatic carbocycles. The van der Waals surface area contributed by atoms with Gasteiger partial charge in [-0.2, -0.15) is 0 Å². The molecule has 0 aliphatic heterocycles. The molecule has 0 aliphatic carbocycles. The number of nitro groups is 1. The molecule has 1 aromatic rings. The SMILES string of the molecule is CCN(c1cc(OC)ccc1[N+](=O)[O-])C(C)(C)C(=O)O.